The zero-order valence-electron chi connectivity index (χ0n) is 13.7. The summed E-state index contributed by atoms with van der Waals surface area (Å²) in [7, 11) is -0.890. The molecular weight excluding hydrogens is 264 g/mol. The van der Waals surface area contributed by atoms with E-state index < -0.39 is 8.80 Å². The first-order valence-corrected chi connectivity index (χ1v) is 11.0. The zero-order chi connectivity index (χ0) is 15.1. The monoisotopic (exact) mass is 294 g/mol. The van der Waals surface area contributed by atoms with E-state index >= 15 is 0 Å². The summed E-state index contributed by atoms with van der Waals surface area (Å²) in [6.07, 6.45) is 5.37. The maximum absolute atomic E-state index is 11.5. The molecule has 0 heterocycles. The van der Waals surface area contributed by atoms with Crippen LogP contribution >= 0.6 is 0 Å². The molecule has 0 spiro atoms. The Hall–Kier alpha value is -0.573. The first kappa shape index (κ1) is 15.8. The Morgan fingerprint density at radius 1 is 1.45 bits per heavy atom. The Morgan fingerprint density at radius 3 is 2.55 bits per heavy atom. The SMILES string of the molecule is C=CC(=O)OCC([SiH](C)C)C12CC(CCC1C)C2(C)C. The minimum Gasteiger partial charge on any atom is -0.463 e. The van der Waals surface area contributed by atoms with Crippen LogP contribution in [0.5, 0.6) is 0 Å². The van der Waals surface area contributed by atoms with Crippen molar-refractivity contribution in [3.63, 3.8) is 0 Å². The van der Waals surface area contributed by atoms with Gasteiger partial charge in [0.05, 0.1) is 6.61 Å². The zero-order valence-corrected chi connectivity index (χ0v) is 14.9. The second kappa shape index (κ2) is 5.32. The molecule has 3 saturated carbocycles. The van der Waals surface area contributed by atoms with E-state index in [0.29, 0.717) is 23.0 Å². The van der Waals surface area contributed by atoms with E-state index in [-0.39, 0.29) is 5.97 Å². The summed E-state index contributed by atoms with van der Waals surface area (Å²) in [5, 5.41) is 0. The Bertz CT molecular complexity index is 402. The molecule has 0 amide bonds. The van der Waals surface area contributed by atoms with Crippen molar-refractivity contribution < 1.29 is 9.53 Å². The molecule has 3 rings (SSSR count). The van der Waals surface area contributed by atoms with Gasteiger partial charge in [0.15, 0.2) is 0 Å². The van der Waals surface area contributed by atoms with Gasteiger partial charge in [-0.15, -0.1) is 0 Å². The minimum atomic E-state index is -0.890. The van der Waals surface area contributed by atoms with Crippen molar-refractivity contribution in [3.05, 3.63) is 12.7 Å². The number of carbonyl (C=O) groups is 1. The molecule has 0 radical (unpaired) electrons. The van der Waals surface area contributed by atoms with Gasteiger partial charge in [0, 0.05) is 14.9 Å². The normalized spacial score (nSPS) is 36.1. The molecule has 0 aromatic rings. The average molecular weight is 295 g/mol. The highest BCUT2D eigenvalue weighted by Crippen LogP contribution is 2.74. The fraction of sp³-hybridized carbons (Fsp3) is 0.824. The highest BCUT2D eigenvalue weighted by molar-refractivity contribution is 6.57. The maximum Gasteiger partial charge on any atom is 0.330 e. The summed E-state index contributed by atoms with van der Waals surface area (Å²) in [5.74, 6) is 1.37. The number of fused-ring (bicyclic) bond motifs is 2. The third-order valence-electron chi connectivity index (χ3n) is 6.67. The van der Waals surface area contributed by atoms with Gasteiger partial charge in [-0.2, -0.15) is 0 Å². The van der Waals surface area contributed by atoms with Crippen LogP contribution in [0.15, 0.2) is 12.7 Å². The van der Waals surface area contributed by atoms with Gasteiger partial charge in [-0.3, -0.25) is 0 Å². The van der Waals surface area contributed by atoms with Crippen molar-refractivity contribution in [1.29, 1.82) is 0 Å². The summed E-state index contributed by atoms with van der Waals surface area (Å²) in [6, 6.07) is 0. The number of esters is 1. The molecule has 4 atom stereocenters. The molecule has 20 heavy (non-hydrogen) atoms. The van der Waals surface area contributed by atoms with Gasteiger partial charge in [0.25, 0.3) is 0 Å². The Balaban J connectivity index is 2.23. The van der Waals surface area contributed by atoms with Gasteiger partial charge >= 0.3 is 5.97 Å². The predicted octanol–water partition coefficient (Wildman–Crippen LogP) is 4.03. The summed E-state index contributed by atoms with van der Waals surface area (Å²) in [5.41, 5.74) is 1.40. The average Bonchev–Trinajstić information content (AvgIpc) is 2.39. The first-order chi connectivity index (χ1) is 9.27. The lowest BCUT2D eigenvalue weighted by molar-refractivity contribution is -0.204. The molecule has 3 fully saturated rings. The van der Waals surface area contributed by atoms with Crippen molar-refractivity contribution in [2.45, 2.75) is 58.7 Å². The van der Waals surface area contributed by atoms with Crippen molar-refractivity contribution in [3.8, 4) is 0 Å². The fourth-order valence-electron chi connectivity index (χ4n) is 5.34. The van der Waals surface area contributed by atoms with E-state index in [0.717, 1.165) is 11.8 Å². The standard InChI is InChI=1S/C17H30O2Si/c1-7-15(18)19-11-14(20(5)6)17-10-13(16(17,3)4)9-8-12(17)2/h7,12-14,20H,1,8-11H2,2-6H3. The van der Waals surface area contributed by atoms with Crippen molar-refractivity contribution >= 4 is 14.8 Å². The summed E-state index contributed by atoms with van der Waals surface area (Å²) in [4.78, 5) is 11.5. The van der Waals surface area contributed by atoms with Crippen LogP contribution in [-0.2, 0) is 9.53 Å². The van der Waals surface area contributed by atoms with Crippen molar-refractivity contribution in [2.75, 3.05) is 6.61 Å². The molecule has 0 aliphatic heterocycles. The second-order valence-electron chi connectivity index (χ2n) is 7.83. The largest absolute Gasteiger partial charge is 0.463 e. The summed E-state index contributed by atoms with van der Waals surface area (Å²) >= 11 is 0. The molecule has 0 aromatic heterocycles. The van der Waals surface area contributed by atoms with Crippen LogP contribution in [0.2, 0.25) is 18.6 Å². The molecule has 3 aliphatic rings. The van der Waals surface area contributed by atoms with Crippen LogP contribution in [0.1, 0.15) is 40.0 Å². The topological polar surface area (TPSA) is 26.3 Å². The molecule has 4 unspecified atom stereocenters. The summed E-state index contributed by atoms with van der Waals surface area (Å²) < 4.78 is 5.48. The van der Waals surface area contributed by atoms with Gasteiger partial charge in [0.2, 0.25) is 0 Å². The van der Waals surface area contributed by atoms with Crippen LogP contribution in [0, 0.1) is 22.7 Å². The maximum atomic E-state index is 11.5. The molecule has 3 aliphatic carbocycles. The molecule has 3 heteroatoms. The molecule has 2 bridgehead atoms. The van der Waals surface area contributed by atoms with E-state index in [1.807, 2.05) is 0 Å². The van der Waals surface area contributed by atoms with Gasteiger partial charge in [-0.05, 0) is 47.5 Å². The number of ether oxygens (including phenoxy) is 1. The predicted molar refractivity (Wildman–Crippen MR) is 86.5 cm³/mol. The molecular formula is C17H30O2Si. The Kier molecular flexibility index (Phi) is 4.21. The van der Waals surface area contributed by atoms with Crippen molar-refractivity contribution in [1.82, 2.24) is 0 Å². The highest BCUT2D eigenvalue weighted by Gasteiger charge is 2.67. The number of rotatable bonds is 5. The van der Waals surface area contributed by atoms with E-state index in [9.17, 15) is 4.79 Å². The number of hydrogen-bond acceptors (Lipinski definition) is 2. The van der Waals surface area contributed by atoms with E-state index in [1.54, 1.807) is 0 Å². The Labute approximate surface area is 125 Å². The third-order valence-corrected chi connectivity index (χ3v) is 9.07. The van der Waals surface area contributed by atoms with Gasteiger partial charge in [-0.25, -0.2) is 4.79 Å². The van der Waals surface area contributed by atoms with Gasteiger partial charge in [0.1, 0.15) is 0 Å². The molecule has 2 nitrogen and oxygen atoms in total. The lowest BCUT2D eigenvalue weighted by Gasteiger charge is -2.72. The lowest BCUT2D eigenvalue weighted by Crippen LogP contribution is -2.65. The third kappa shape index (κ3) is 2.09. The smallest absolute Gasteiger partial charge is 0.330 e. The van der Waals surface area contributed by atoms with Crippen molar-refractivity contribution in [2.24, 2.45) is 22.7 Å². The van der Waals surface area contributed by atoms with E-state index in [4.69, 9.17) is 4.74 Å². The van der Waals surface area contributed by atoms with Crippen LogP contribution in [0.25, 0.3) is 0 Å². The molecule has 0 aromatic carbocycles. The van der Waals surface area contributed by atoms with Gasteiger partial charge in [-0.1, -0.05) is 40.4 Å². The van der Waals surface area contributed by atoms with Gasteiger partial charge < -0.3 is 4.74 Å². The van der Waals surface area contributed by atoms with Crippen LogP contribution in [0.4, 0.5) is 0 Å². The summed E-state index contributed by atoms with van der Waals surface area (Å²) in [6.45, 7) is 16.3. The number of carbonyl (C=O) groups excluding carboxylic acids is 1. The highest BCUT2D eigenvalue weighted by atomic mass is 28.3. The molecule has 0 saturated heterocycles. The lowest BCUT2D eigenvalue weighted by atomic mass is 9.36. The Morgan fingerprint density at radius 2 is 2.10 bits per heavy atom. The van der Waals surface area contributed by atoms with Crippen LogP contribution < -0.4 is 0 Å². The van der Waals surface area contributed by atoms with Crippen LogP contribution in [-0.4, -0.2) is 21.4 Å². The minimum absolute atomic E-state index is 0.266. The van der Waals surface area contributed by atoms with E-state index in [1.165, 1.54) is 25.3 Å². The molecule has 0 N–H and O–H groups in total. The quantitative estimate of drug-likeness (QED) is 0.434. The molecule has 114 valence electrons. The number of hydrogen-bond donors (Lipinski definition) is 0. The van der Waals surface area contributed by atoms with E-state index in [2.05, 4.69) is 40.4 Å². The first-order valence-electron chi connectivity index (χ1n) is 8.06. The fourth-order valence-corrected chi connectivity index (χ4v) is 7.91. The van der Waals surface area contributed by atoms with Crippen LogP contribution in [0.3, 0.4) is 0 Å². The second-order valence-corrected chi connectivity index (χ2v) is 11.1.